The van der Waals surface area contributed by atoms with Crippen LogP contribution in [0.4, 0.5) is 0 Å². The molecule has 0 atom stereocenters. The van der Waals surface area contributed by atoms with Gasteiger partial charge in [-0.1, -0.05) is 79.9 Å². The Morgan fingerprint density at radius 1 is 0.783 bits per heavy atom. The zero-order valence-electron chi connectivity index (χ0n) is 13.8. The maximum absolute atomic E-state index is 4.85. The Hall–Kier alpha value is -2.09. The summed E-state index contributed by atoms with van der Waals surface area (Å²) >= 11 is 0. The first-order chi connectivity index (χ1) is 11.4. The zero-order valence-corrected chi connectivity index (χ0v) is 13.8. The van der Waals surface area contributed by atoms with Crippen molar-refractivity contribution in [3.05, 3.63) is 71.8 Å². The van der Waals surface area contributed by atoms with Crippen molar-refractivity contribution in [3.8, 4) is 0 Å². The lowest BCUT2D eigenvalue weighted by Crippen LogP contribution is -2.18. The third kappa shape index (κ3) is 5.24. The molecule has 0 radical (unpaired) electrons. The maximum Gasteiger partial charge on any atom is 0.0614 e. The van der Waals surface area contributed by atoms with Crippen LogP contribution in [0.2, 0.25) is 0 Å². The molecule has 0 aromatic heterocycles. The number of hydrogen-bond donors (Lipinski definition) is 0. The van der Waals surface area contributed by atoms with Crippen molar-refractivity contribution in [3.63, 3.8) is 0 Å². The first-order valence-corrected chi connectivity index (χ1v) is 8.77. The molecule has 0 heterocycles. The molecule has 0 unspecified atom stereocenters. The summed E-state index contributed by atoms with van der Waals surface area (Å²) in [4.78, 5) is 0. The molecule has 0 spiro atoms. The van der Waals surface area contributed by atoms with E-state index in [-0.39, 0.29) is 0 Å². The lowest BCUT2D eigenvalue weighted by atomic mass is 9.90. The lowest BCUT2D eigenvalue weighted by molar-refractivity contribution is 0.269. The van der Waals surface area contributed by atoms with Gasteiger partial charge in [-0.15, -0.1) is 0 Å². The van der Waals surface area contributed by atoms with Gasteiger partial charge in [0.05, 0.1) is 13.1 Å². The molecular weight excluding hydrogens is 280 g/mol. The molecule has 1 aliphatic rings. The van der Waals surface area contributed by atoms with E-state index >= 15 is 0 Å². The van der Waals surface area contributed by atoms with E-state index < -0.39 is 0 Å². The number of rotatable bonds is 6. The van der Waals surface area contributed by atoms with E-state index in [2.05, 4.69) is 71.9 Å². The average Bonchev–Trinajstić information content (AvgIpc) is 2.62. The van der Waals surface area contributed by atoms with Crippen LogP contribution in [0, 0.1) is 5.92 Å². The summed E-state index contributed by atoms with van der Waals surface area (Å²) in [7, 11) is 0. The van der Waals surface area contributed by atoms with Gasteiger partial charge in [0.2, 0.25) is 0 Å². The van der Waals surface area contributed by atoms with Gasteiger partial charge in [-0.25, -0.2) is 0 Å². The summed E-state index contributed by atoms with van der Waals surface area (Å²) in [5.41, 5.74) is 2.62. The molecule has 120 valence electrons. The van der Waals surface area contributed by atoms with E-state index in [1.165, 1.54) is 43.2 Å². The number of hydrogen-bond acceptors (Lipinski definition) is 2. The Morgan fingerprint density at radius 3 is 1.83 bits per heavy atom. The Kier molecular flexibility index (Phi) is 5.85. The first-order valence-electron chi connectivity index (χ1n) is 8.77. The van der Waals surface area contributed by atoms with Gasteiger partial charge in [0.25, 0.3) is 0 Å². The van der Waals surface area contributed by atoms with Crippen LogP contribution in [0.5, 0.6) is 0 Å². The van der Waals surface area contributed by atoms with Crippen LogP contribution in [0.25, 0.3) is 0 Å². The highest BCUT2D eigenvalue weighted by molar-refractivity contribution is 5.60. The van der Waals surface area contributed by atoms with Gasteiger partial charge >= 0.3 is 0 Å². The molecule has 0 amide bonds. The fourth-order valence-corrected chi connectivity index (χ4v) is 3.20. The quantitative estimate of drug-likeness (QED) is 0.525. The van der Waals surface area contributed by atoms with Crippen LogP contribution >= 0.6 is 0 Å². The molecule has 2 aromatic carbocycles. The summed E-state index contributed by atoms with van der Waals surface area (Å²) in [5.74, 6) is 0.665. The Labute approximate surface area is 139 Å². The standard InChI is InChI=1S/C21H26N2/c1-4-10-19(11-5-1)16-22-23(17-20-12-6-2-7-13-20)18-21-14-8-3-9-15-21/h2-3,6-9,12-16,19H,1,4-5,10-11,17-18H2/b22-16+. The lowest BCUT2D eigenvalue weighted by Gasteiger charge is -2.22. The summed E-state index contributed by atoms with van der Waals surface area (Å²) in [6.07, 6.45) is 8.90. The van der Waals surface area contributed by atoms with Crippen LogP contribution in [-0.2, 0) is 13.1 Å². The maximum atomic E-state index is 4.85. The van der Waals surface area contributed by atoms with Crippen molar-refractivity contribution in [2.75, 3.05) is 0 Å². The predicted octanol–water partition coefficient (Wildman–Crippen LogP) is 5.25. The van der Waals surface area contributed by atoms with Crippen LogP contribution in [-0.4, -0.2) is 11.2 Å². The Bertz CT molecular complexity index is 544. The van der Waals surface area contributed by atoms with Crippen molar-refractivity contribution in [2.24, 2.45) is 11.0 Å². The molecule has 0 aliphatic heterocycles. The van der Waals surface area contributed by atoms with Gasteiger partial charge in [-0.05, 0) is 29.9 Å². The smallest absolute Gasteiger partial charge is 0.0614 e. The van der Waals surface area contributed by atoms with Gasteiger partial charge in [-0.2, -0.15) is 5.10 Å². The molecule has 2 nitrogen and oxygen atoms in total. The predicted molar refractivity (Wildman–Crippen MR) is 97.2 cm³/mol. The Morgan fingerprint density at radius 2 is 1.30 bits per heavy atom. The topological polar surface area (TPSA) is 15.6 Å². The molecule has 23 heavy (non-hydrogen) atoms. The molecule has 2 aromatic rings. The molecule has 0 N–H and O–H groups in total. The SMILES string of the molecule is C(=N\N(Cc1ccccc1)Cc1ccccc1)/C1CCCCC1. The minimum Gasteiger partial charge on any atom is -0.289 e. The average molecular weight is 306 g/mol. The van der Waals surface area contributed by atoms with Gasteiger partial charge in [-0.3, -0.25) is 5.01 Å². The van der Waals surface area contributed by atoms with Crippen LogP contribution in [0.15, 0.2) is 65.8 Å². The molecule has 1 aliphatic carbocycles. The van der Waals surface area contributed by atoms with Crippen molar-refractivity contribution in [2.45, 2.75) is 45.2 Å². The number of hydrazone groups is 1. The molecule has 1 saturated carbocycles. The van der Waals surface area contributed by atoms with E-state index in [1.54, 1.807) is 0 Å². The van der Waals surface area contributed by atoms with Crippen molar-refractivity contribution in [1.29, 1.82) is 0 Å². The second-order valence-electron chi connectivity index (χ2n) is 6.46. The summed E-state index contributed by atoms with van der Waals surface area (Å²) in [5, 5.41) is 7.04. The molecule has 0 bridgehead atoms. The van der Waals surface area contributed by atoms with E-state index in [9.17, 15) is 0 Å². The highest BCUT2D eigenvalue weighted by Gasteiger charge is 2.12. The highest BCUT2D eigenvalue weighted by atomic mass is 15.4. The molecule has 3 rings (SSSR count). The van der Waals surface area contributed by atoms with E-state index in [1.807, 2.05) is 0 Å². The Balaban J connectivity index is 1.68. The third-order valence-corrected chi connectivity index (χ3v) is 4.51. The molecule has 1 fully saturated rings. The van der Waals surface area contributed by atoms with Crippen LogP contribution < -0.4 is 0 Å². The fourth-order valence-electron chi connectivity index (χ4n) is 3.20. The zero-order chi connectivity index (χ0) is 15.7. The molecule has 0 saturated heterocycles. The van der Waals surface area contributed by atoms with Gasteiger partial charge < -0.3 is 0 Å². The van der Waals surface area contributed by atoms with Crippen LogP contribution in [0.3, 0.4) is 0 Å². The third-order valence-electron chi connectivity index (χ3n) is 4.51. The number of benzene rings is 2. The minimum atomic E-state index is 0.665. The van der Waals surface area contributed by atoms with E-state index in [0.717, 1.165) is 13.1 Å². The monoisotopic (exact) mass is 306 g/mol. The summed E-state index contributed by atoms with van der Waals surface area (Å²) in [6.45, 7) is 1.72. The van der Waals surface area contributed by atoms with Crippen LogP contribution in [0.1, 0.15) is 43.2 Å². The normalized spacial score (nSPS) is 15.8. The summed E-state index contributed by atoms with van der Waals surface area (Å²) < 4.78 is 0. The van der Waals surface area contributed by atoms with E-state index in [0.29, 0.717) is 5.92 Å². The fraction of sp³-hybridized carbons (Fsp3) is 0.381. The van der Waals surface area contributed by atoms with Crippen molar-refractivity contribution >= 4 is 6.21 Å². The first kappa shape index (κ1) is 15.8. The van der Waals surface area contributed by atoms with Crippen molar-refractivity contribution in [1.82, 2.24) is 5.01 Å². The second-order valence-corrected chi connectivity index (χ2v) is 6.46. The molecular formula is C21H26N2. The van der Waals surface area contributed by atoms with Crippen molar-refractivity contribution < 1.29 is 0 Å². The van der Waals surface area contributed by atoms with E-state index in [4.69, 9.17) is 5.10 Å². The highest BCUT2D eigenvalue weighted by Crippen LogP contribution is 2.22. The largest absolute Gasteiger partial charge is 0.289 e. The molecule has 2 heteroatoms. The number of nitrogens with zero attached hydrogens (tertiary/aromatic N) is 2. The van der Waals surface area contributed by atoms with Gasteiger partial charge in [0.15, 0.2) is 0 Å². The van der Waals surface area contributed by atoms with Gasteiger partial charge in [0, 0.05) is 6.21 Å². The minimum absolute atomic E-state index is 0.665. The summed E-state index contributed by atoms with van der Waals surface area (Å²) in [6, 6.07) is 21.2. The second kappa shape index (κ2) is 8.52. The van der Waals surface area contributed by atoms with Gasteiger partial charge in [0.1, 0.15) is 0 Å².